The van der Waals surface area contributed by atoms with Gasteiger partial charge >= 0.3 is 0 Å². The van der Waals surface area contributed by atoms with Crippen molar-refractivity contribution in [2.24, 2.45) is 10.7 Å². The quantitative estimate of drug-likeness (QED) is 0.268. The summed E-state index contributed by atoms with van der Waals surface area (Å²) in [5, 5.41) is 4.47. The highest BCUT2D eigenvalue weighted by Crippen LogP contribution is 2.27. The van der Waals surface area contributed by atoms with Gasteiger partial charge in [-0.1, -0.05) is 29.3 Å². The van der Waals surface area contributed by atoms with Crippen molar-refractivity contribution in [1.29, 1.82) is 0 Å². The van der Waals surface area contributed by atoms with Crippen LogP contribution in [0.2, 0.25) is 10.0 Å². The number of nitrogens with two attached hydrogens (primary N) is 2. The number of anilines is 2. The Kier molecular flexibility index (Phi) is 7.31. The summed E-state index contributed by atoms with van der Waals surface area (Å²) >= 11 is 12.4. The van der Waals surface area contributed by atoms with Crippen molar-refractivity contribution in [2.45, 2.75) is 25.8 Å². The fourth-order valence-electron chi connectivity index (χ4n) is 4.18. The highest BCUT2D eigenvalue weighted by molar-refractivity contribution is 6.35. The standard InChI is InChI=1S/C26H28Cl2N6O/c1-26(2)15-34(10-9-32-26)18-6-4-17(5-7-18)25(35)33-24(30)19-8-3-16(12-23(19)29)11-20-21(27)13-31-14-22(20)28/h3-8,12-14,32H,9-11,15,29H2,1-2H3,(H2,30,33,35). The zero-order valence-electron chi connectivity index (χ0n) is 19.7. The molecule has 2 heterocycles. The Labute approximate surface area is 215 Å². The van der Waals surface area contributed by atoms with Gasteiger partial charge in [-0.3, -0.25) is 9.78 Å². The van der Waals surface area contributed by atoms with Crippen LogP contribution in [0.1, 0.15) is 40.9 Å². The van der Waals surface area contributed by atoms with E-state index in [0.29, 0.717) is 33.3 Å². The maximum atomic E-state index is 12.7. The lowest BCUT2D eigenvalue weighted by Gasteiger charge is -2.40. The zero-order chi connectivity index (χ0) is 25.2. The van der Waals surface area contributed by atoms with Crippen LogP contribution >= 0.6 is 23.2 Å². The number of pyridine rings is 1. The van der Waals surface area contributed by atoms with Crippen molar-refractivity contribution in [3.05, 3.63) is 87.2 Å². The SMILES string of the molecule is CC1(C)CN(c2ccc(C(=O)N=C(N)c3ccc(Cc4c(Cl)cncc4Cl)cc3N)cc2)CCN1. The minimum atomic E-state index is -0.423. The number of halogens is 2. The van der Waals surface area contributed by atoms with Gasteiger partial charge in [0.25, 0.3) is 5.91 Å². The Morgan fingerprint density at radius 1 is 1.14 bits per heavy atom. The van der Waals surface area contributed by atoms with Crippen LogP contribution in [0.4, 0.5) is 11.4 Å². The monoisotopic (exact) mass is 510 g/mol. The molecule has 3 aromatic rings. The summed E-state index contributed by atoms with van der Waals surface area (Å²) < 4.78 is 0. The molecule has 9 heteroatoms. The number of amidine groups is 1. The molecule has 2 aromatic carbocycles. The molecule has 1 fully saturated rings. The van der Waals surface area contributed by atoms with Crippen LogP contribution in [0.5, 0.6) is 0 Å². The van der Waals surface area contributed by atoms with E-state index in [9.17, 15) is 4.79 Å². The second-order valence-corrected chi connectivity index (χ2v) is 10.1. The molecule has 1 amide bonds. The predicted molar refractivity (Wildman–Crippen MR) is 144 cm³/mol. The minimum absolute atomic E-state index is 0.0395. The van der Waals surface area contributed by atoms with E-state index in [0.717, 1.165) is 36.4 Å². The first kappa shape index (κ1) is 25.0. The summed E-state index contributed by atoms with van der Waals surface area (Å²) in [4.78, 5) is 23.1. The van der Waals surface area contributed by atoms with Gasteiger partial charge in [0.1, 0.15) is 5.84 Å². The van der Waals surface area contributed by atoms with Gasteiger partial charge in [0.2, 0.25) is 0 Å². The van der Waals surface area contributed by atoms with Crippen LogP contribution < -0.4 is 21.7 Å². The Balaban J connectivity index is 1.47. The van der Waals surface area contributed by atoms with Crippen LogP contribution in [0.25, 0.3) is 0 Å². The van der Waals surface area contributed by atoms with Gasteiger partial charge in [0, 0.05) is 66.5 Å². The van der Waals surface area contributed by atoms with Crippen LogP contribution in [0.15, 0.2) is 59.9 Å². The first-order valence-corrected chi connectivity index (χ1v) is 12.0. The number of carbonyl (C=O) groups excluding carboxylic acids is 1. The van der Waals surface area contributed by atoms with E-state index in [2.05, 4.69) is 34.0 Å². The van der Waals surface area contributed by atoms with Crippen LogP contribution in [-0.2, 0) is 6.42 Å². The number of benzene rings is 2. The molecule has 182 valence electrons. The van der Waals surface area contributed by atoms with Gasteiger partial charge < -0.3 is 21.7 Å². The summed E-state index contributed by atoms with van der Waals surface area (Å²) in [5.74, 6) is -0.361. The molecule has 1 saturated heterocycles. The fourth-order valence-corrected chi connectivity index (χ4v) is 4.68. The summed E-state index contributed by atoms with van der Waals surface area (Å²) in [6, 6.07) is 12.8. The summed E-state index contributed by atoms with van der Waals surface area (Å²) in [7, 11) is 0. The molecule has 0 saturated carbocycles. The van der Waals surface area contributed by atoms with Gasteiger partial charge in [0.05, 0.1) is 10.0 Å². The molecular weight excluding hydrogens is 483 g/mol. The van der Waals surface area contributed by atoms with Crippen molar-refractivity contribution >= 4 is 46.3 Å². The molecule has 1 aliphatic heterocycles. The van der Waals surface area contributed by atoms with E-state index in [1.807, 2.05) is 18.2 Å². The van der Waals surface area contributed by atoms with Crippen molar-refractivity contribution in [3.63, 3.8) is 0 Å². The molecule has 0 bridgehead atoms. The molecule has 0 spiro atoms. The first-order valence-electron chi connectivity index (χ1n) is 11.3. The first-order chi connectivity index (χ1) is 16.6. The molecule has 1 aromatic heterocycles. The third kappa shape index (κ3) is 5.93. The number of nitrogens with one attached hydrogen (secondary N) is 1. The van der Waals surface area contributed by atoms with E-state index in [4.69, 9.17) is 34.7 Å². The number of hydrogen-bond donors (Lipinski definition) is 3. The van der Waals surface area contributed by atoms with E-state index in [1.54, 1.807) is 36.7 Å². The Bertz CT molecular complexity index is 1250. The molecule has 0 aliphatic carbocycles. The lowest BCUT2D eigenvalue weighted by atomic mass is 10.0. The second kappa shape index (κ2) is 10.2. The third-order valence-corrected chi connectivity index (χ3v) is 6.65. The van der Waals surface area contributed by atoms with Crippen molar-refractivity contribution in [2.75, 3.05) is 30.3 Å². The average Bonchev–Trinajstić information content (AvgIpc) is 2.81. The number of carbonyl (C=O) groups is 1. The van der Waals surface area contributed by atoms with Gasteiger partial charge in [-0.05, 0) is 61.4 Å². The molecule has 1 aliphatic rings. The summed E-state index contributed by atoms with van der Waals surface area (Å²) in [6.07, 6.45) is 3.58. The van der Waals surface area contributed by atoms with Crippen molar-refractivity contribution in [1.82, 2.24) is 10.3 Å². The highest BCUT2D eigenvalue weighted by atomic mass is 35.5. The van der Waals surface area contributed by atoms with Crippen LogP contribution in [0, 0.1) is 0 Å². The molecule has 35 heavy (non-hydrogen) atoms. The number of aromatic nitrogens is 1. The highest BCUT2D eigenvalue weighted by Gasteiger charge is 2.25. The minimum Gasteiger partial charge on any atom is -0.398 e. The van der Waals surface area contributed by atoms with Crippen molar-refractivity contribution < 1.29 is 4.79 Å². The topological polar surface area (TPSA) is 110 Å². The van der Waals surface area contributed by atoms with E-state index in [-0.39, 0.29) is 11.4 Å². The number of hydrogen-bond acceptors (Lipinski definition) is 5. The largest absolute Gasteiger partial charge is 0.398 e. The molecule has 7 nitrogen and oxygen atoms in total. The average molecular weight is 511 g/mol. The number of nitrogen functional groups attached to an aromatic ring is 1. The molecule has 0 unspecified atom stereocenters. The summed E-state index contributed by atoms with van der Waals surface area (Å²) in [6.45, 7) is 7.07. The van der Waals surface area contributed by atoms with Crippen LogP contribution in [-0.4, -0.2) is 41.9 Å². The van der Waals surface area contributed by atoms with Gasteiger partial charge in [-0.25, -0.2) is 0 Å². The van der Waals surface area contributed by atoms with Gasteiger partial charge in [0.15, 0.2) is 0 Å². The Hall–Kier alpha value is -3.13. The number of piperazine rings is 1. The lowest BCUT2D eigenvalue weighted by molar-refractivity contribution is 0.100. The molecule has 0 atom stereocenters. The van der Waals surface area contributed by atoms with E-state index >= 15 is 0 Å². The third-order valence-electron chi connectivity index (χ3n) is 6.00. The fraction of sp³-hybridized carbons (Fsp3) is 0.269. The van der Waals surface area contributed by atoms with Crippen molar-refractivity contribution in [3.8, 4) is 0 Å². The summed E-state index contributed by atoms with van der Waals surface area (Å²) in [5.41, 5.74) is 16.5. The maximum absolute atomic E-state index is 12.7. The normalized spacial score (nSPS) is 15.8. The predicted octanol–water partition coefficient (Wildman–Crippen LogP) is 4.30. The molecular formula is C26H28Cl2N6O. The number of aliphatic imine (C=N–C) groups is 1. The Morgan fingerprint density at radius 3 is 2.46 bits per heavy atom. The second-order valence-electron chi connectivity index (χ2n) is 9.26. The van der Waals surface area contributed by atoms with Gasteiger partial charge in [-0.15, -0.1) is 0 Å². The smallest absolute Gasteiger partial charge is 0.278 e. The molecule has 4 rings (SSSR count). The molecule has 0 radical (unpaired) electrons. The van der Waals surface area contributed by atoms with Crippen LogP contribution in [0.3, 0.4) is 0 Å². The zero-order valence-corrected chi connectivity index (χ0v) is 21.2. The number of rotatable bonds is 5. The van der Waals surface area contributed by atoms with E-state index < -0.39 is 5.91 Å². The lowest BCUT2D eigenvalue weighted by Crippen LogP contribution is -2.57. The van der Waals surface area contributed by atoms with E-state index in [1.165, 1.54) is 0 Å². The molecule has 5 N–H and O–H groups in total. The van der Waals surface area contributed by atoms with Gasteiger partial charge in [-0.2, -0.15) is 4.99 Å². The number of amides is 1. The Morgan fingerprint density at radius 2 is 1.83 bits per heavy atom. The number of nitrogens with zero attached hydrogens (tertiary/aromatic N) is 3. The maximum Gasteiger partial charge on any atom is 0.278 e.